The highest BCUT2D eigenvalue weighted by molar-refractivity contribution is 6.58. The molecule has 1 rings (SSSR count). The Morgan fingerprint density at radius 3 is 2.83 bits per heavy atom. The Bertz CT molecular complexity index is 236. The van der Waals surface area contributed by atoms with E-state index in [2.05, 4.69) is 0 Å². The van der Waals surface area contributed by atoms with Crippen LogP contribution in [0.25, 0.3) is 0 Å². The fourth-order valence-corrected chi connectivity index (χ4v) is 0.948. The van der Waals surface area contributed by atoms with Crippen LogP contribution in [0, 0.1) is 0 Å². The molecule has 1 heterocycles. The number of aromatic nitrogens is 1. The maximum atomic E-state index is 8.77. The van der Waals surface area contributed by atoms with Gasteiger partial charge < -0.3 is 19.4 Å². The zero-order chi connectivity index (χ0) is 8.97. The average molecular weight is 169 g/mol. The Hall–Kier alpha value is -0.775. The van der Waals surface area contributed by atoms with Gasteiger partial charge in [0.25, 0.3) is 0 Å². The smallest absolute Gasteiger partial charge is 0.423 e. The molecule has 0 aliphatic carbocycles. The molecule has 0 saturated carbocycles. The zero-order valence-corrected chi connectivity index (χ0v) is 6.97. The summed E-state index contributed by atoms with van der Waals surface area (Å²) < 4.78 is 6.72. The highest BCUT2D eigenvalue weighted by Gasteiger charge is 2.11. The topological polar surface area (TPSA) is 54.6 Å². The minimum atomic E-state index is -1.38. The standard InChI is InChI=1S/C7H12BNO3/c1-12-5-4-9-3-2-7(6-9)8(10)11/h2-3,6,10-11H,4-5H2,1H3. The number of hydrogen-bond acceptors (Lipinski definition) is 3. The van der Waals surface area contributed by atoms with E-state index in [-0.39, 0.29) is 0 Å². The quantitative estimate of drug-likeness (QED) is 0.557. The summed E-state index contributed by atoms with van der Waals surface area (Å²) in [6.45, 7) is 1.35. The van der Waals surface area contributed by atoms with E-state index in [9.17, 15) is 0 Å². The van der Waals surface area contributed by atoms with Gasteiger partial charge in [-0.1, -0.05) is 0 Å². The first-order chi connectivity index (χ1) is 5.74. The van der Waals surface area contributed by atoms with Crippen molar-refractivity contribution in [1.29, 1.82) is 0 Å². The molecule has 1 aromatic rings. The van der Waals surface area contributed by atoms with Crippen molar-refractivity contribution in [2.24, 2.45) is 0 Å². The van der Waals surface area contributed by atoms with Crippen molar-refractivity contribution in [3.63, 3.8) is 0 Å². The molecule has 0 bridgehead atoms. The monoisotopic (exact) mass is 169 g/mol. The Kier molecular flexibility index (Phi) is 3.34. The lowest BCUT2D eigenvalue weighted by Gasteiger charge is -1.99. The second-order valence-electron chi connectivity index (χ2n) is 2.55. The van der Waals surface area contributed by atoms with Crippen LogP contribution in [0.3, 0.4) is 0 Å². The molecule has 1 aromatic heterocycles. The maximum absolute atomic E-state index is 8.77. The van der Waals surface area contributed by atoms with Gasteiger partial charge in [0, 0.05) is 26.0 Å². The molecule has 0 amide bonds. The first-order valence-corrected chi connectivity index (χ1v) is 3.75. The predicted octanol–water partition coefficient (Wildman–Crippen LogP) is -1.19. The van der Waals surface area contributed by atoms with Gasteiger partial charge in [-0.15, -0.1) is 0 Å². The Morgan fingerprint density at radius 2 is 2.33 bits per heavy atom. The molecule has 12 heavy (non-hydrogen) atoms. The summed E-state index contributed by atoms with van der Waals surface area (Å²) in [6, 6.07) is 1.67. The molecule has 0 atom stereocenters. The van der Waals surface area contributed by atoms with Gasteiger partial charge in [0.15, 0.2) is 0 Å². The van der Waals surface area contributed by atoms with E-state index in [4.69, 9.17) is 14.8 Å². The van der Waals surface area contributed by atoms with Crippen molar-refractivity contribution in [2.75, 3.05) is 13.7 Å². The molecule has 0 saturated heterocycles. The normalized spacial score (nSPS) is 10.2. The number of ether oxygens (including phenoxy) is 1. The third-order valence-electron chi connectivity index (χ3n) is 1.63. The molecule has 0 aliphatic rings. The van der Waals surface area contributed by atoms with Gasteiger partial charge in [-0.25, -0.2) is 0 Å². The summed E-state index contributed by atoms with van der Waals surface area (Å²) >= 11 is 0. The number of rotatable bonds is 4. The van der Waals surface area contributed by atoms with E-state index in [0.717, 1.165) is 6.54 Å². The SMILES string of the molecule is COCCn1ccc(B(O)O)c1. The first kappa shape index (κ1) is 9.31. The summed E-state index contributed by atoms with van der Waals surface area (Å²) in [5, 5.41) is 17.5. The lowest BCUT2D eigenvalue weighted by Crippen LogP contribution is -2.28. The second kappa shape index (κ2) is 4.30. The summed E-state index contributed by atoms with van der Waals surface area (Å²) in [4.78, 5) is 0. The largest absolute Gasteiger partial charge is 0.489 e. The van der Waals surface area contributed by atoms with Gasteiger partial charge in [0.2, 0.25) is 0 Å². The predicted molar refractivity (Wildman–Crippen MR) is 46.1 cm³/mol. The number of nitrogens with zero attached hydrogens (tertiary/aromatic N) is 1. The molecule has 0 aromatic carbocycles. The van der Waals surface area contributed by atoms with Gasteiger partial charge >= 0.3 is 7.12 Å². The lowest BCUT2D eigenvalue weighted by atomic mass is 9.83. The third kappa shape index (κ3) is 2.37. The highest BCUT2D eigenvalue weighted by atomic mass is 16.5. The molecule has 66 valence electrons. The molecule has 4 nitrogen and oxygen atoms in total. The average Bonchev–Trinajstić information content (AvgIpc) is 2.48. The van der Waals surface area contributed by atoms with E-state index in [1.165, 1.54) is 0 Å². The number of methoxy groups -OCH3 is 1. The van der Waals surface area contributed by atoms with Crippen molar-refractivity contribution < 1.29 is 14.8 Å². The molecule has 2 N–H and O–H groups in total. The van der Waals surface area contributed by atoms with E-state index in [1.807, 2.05) is 4.57 Å². The van der Waals surface area contributed by atoms with Crippen molar-refractivity contribution in [3.05, 3.63) is 18.5 Å². The highest BCUT2D eigenvalue weighted by Crippen LogP contribution is 1.89. The minimum absolute atomic E-state index is 0.506. The Balaban J connectivity index is 2.52. The van der Waals surface area contributed by atoms with Crippen LogP contribution in [-0.4, -0.2) is 35.5 Å². The van der Waals surface area contributed by atoms with E-state index in [1.54, 1.807) is 25.6 Å². The zero-order valence-electron chi connectivity index (χ0n) is 6.97. The maximum Gasteiger partial charge on any atom is 0.489 e. The van der Waals surface area contributed by atoms with Crippen molar-refractivity contribution >= 4 is 12.6 Å². The van der Waals surface area contributed by atoms with Gasteiger partial charge in [0.1, 0.15) is 0 Å². The van der Waals surface area contributed by atoms with E-state index >= 15 is 0 Å². The molecule has 0 spiro atoms. The molecule has 0 aliphatic heterocycles. The summed E-state index contributed by atoms with van der Waals surface area (Å²) in [5.41, 5.74) is 0.506. The van der Waals surface area contributed by atoms with Crippen LogP contribution in [0.5, 0.6) is 0 Å². The molecule has 0 fully saturated rings. The minimum Gasteiger partial charge on any atom is -0.423 e. The van der Waals surface area contributed by atoms with Gasteiger partial charge in [-0.05, 0) is 11.5 Å². The van der Waals surface area contributed by atoms with Gasteiger partial charge in [0.05, 0.1) is 6.61 Å². The van der Waals surface area contributed by atoms with Crippen molar-refractivity contribution in [1.82, 2.24) is 4.57 Å². The Morgan fingerprint density at radius 1 is 1.58 bits per heavy atom. The van der Waals surface area contributed by atoms with Crippen molar-refractivity contribution in [2.45, 2.75) is 6.54 Å². The van der Waals surface area contributed by atoms with Gasteiger partial charge in [-0.3, -0.25) is 0 Å². The second-order valence-corrected chi connectivity index (χ2v) is 2.55. The molecule has 0 unspecified atom stereocenters. The van der Waals surface area contributed by atoms with Crippen LogP contribution in [0.2, 0.25) is 0 Å². The van der Waals surface area contributed by atoms with Crippen LogP contribution >= 0.6 is 0 Å². The first-order valence-electron chi connectivity index (χ1n) is 3.75. The third-order valence-corrected chi connectivity index (χ3v) is 1.63. The molecule has 0 radical (unpaired) electrons. The summed E-state index contributed by atoms with van der Waals surface area (Å²) in [5.74, 6) is 0. The van der Waals surface area contributed by atoms with Crippen LogP contribution in [0.1, 0.15) is 0 Å². The number of hydrogen-bond donors (Lipinski definition) is 2. The van der Waals surface area contributed by atoms with E-state index < -0.39 is 7.12 Å². The fourth-order valence-electron chi connectivity index (χ4n) is 0.948. The Labute approximate surface area is 71.5 Å². The van der Waals surface area contributed by atoms with Crippen LogP contribution in [0.15, 0.2) is 18.5 Å². The molecular weight excluding hydrogens is 157 g/mol. The molecular formula is C7H12BNO3. The summed E-state index contributed by atoms with van der Waals surface area (Å²) in [6.07, 6.45) is 3.47. The van der Waals surface area contributed by atoms with E-state index in [0.29, 0.717) is 12.1 Å². The fraction of sp³-hybridized carbons (Fsp3) is 0.429. The van der Waals surface area contributed by atoms with Crippen LogP contribution in [-0.2, 0) is 11.3 Å². The van der Waals surface area contributed by atoms with Gasteiger partial charge in [-0.2, -0.15) is 0 Å². The van der Waals surface area contributed by atoms with Crippen molar-refractivity contribution in [3.8, 4) is 0 Å². The van der Waals surface area contributed by atoms with Crippen LogP contribution in [0.4, 0.5) is 0 Å². The van der Waals surface area contributed by atoms with Crippen LogP contribution < -0.4 is 5.46 Å². The molecule has 5 heteroatoms. The summed E-state index contributed by atoms with van der Waals surface area (Å²) in [7, 11) is 0.250. The lowest BCUT2D eigenvalue weighted by molar-refractivity contribution is 0.187.